The molecule has 0 amide bonds. The van der Waals surface area contributed by atoms with Crippen LogP contribution in [0.5, 0.6) is 5.75 Å². The number of ether oxygens (including phenoxy) is 1. The number of aromatic amines is 1. The van der Waals surface area contributed by atoms with E-state index in [4.69, 9.17) is 4.74 Å². The Balaban J connectivity index is 1.80. The molecule has 0 spiro atoms. The number of halogens is 2. The zero-order valence-electron chi connectivity index (χ0n) is 16.0. The normalized spacial score (nSPS) is 18.0. The molecule has 1 saturated carbocycles. The van der Waals surface area contributed by atoms with Crippen molar-refractivity contribution in [3.63, 3.8) is 0 Å². The Morgan fingerprint density at radius 2 is 2.07 bits per heavy atom. The highest BCUT2D eigenvalue weighted by atomic mass is 32.2. The number of benzene rings is 1. The molecule has 2 aromatic heterocycles. The number of fused-ring (bicyclic) bond motifs is 1. The van der Waals surface area contributed by atoms with Crippen LogP contribution in [0.25, 0.3) is 22.0 Å². The van der Waals surface area contributed by atoms with Crippen molar-refractivity contribution in [1.29, 1.82) is 0 Å². The van der Waals surface area contributed by atoms with Crippen LogP contribution in [0.2, 0.25) is 0 Å². The molecule has 1 N–H and O–H groups in total. The number of H-pyrrole nitrogens is 1. The summed E-state index contributed by atoms with van der Waals surface area (Å²) in [5.41, 5.74) is 2.04. The van der Waals surface area contributed by atoms with Gasteiger partial charge in [0.2, 0.25) is 0 Å². The van der Waals surface area contributed by atoms with E-state index in [1.807, 2.05) is 24.3 Å². The van der Waals surface area contributed by atoms with Crippen LogP contribution in [-0.4, -0.2) is 27.3 Å². The number of nitrogens with zero attached hydrogens (tertiary/aromatic N) is 1. The summed E-state index contributed by atoms with van der Waals surface area (Å²) < 4.78 is 33.9. The summed E-state index contributed by atoms with van der Waals surface area (Å²) in [5.74, 6) is -2.78. The fourth-order valence-electron chi connectivity index (χ4n) is 3.32. The lowest BCUT2D eigenvalue weighted by molar-refractivity contribution is 0.0857. The van der Waals surface area contributed by atoms with Crippen LogP contribution in [0, 0.1) is 5.92 Å². The molecule has 7 heteroatoms. The maximum atomic E-state index is 13.3. The largest absolute Gasteiger partial charge is 0.492 e. The van der Waals surface area contributed by atoms with Crippen LogP contribution in [0.1, 0.15) is 20.3 Å². The zero-order chi connectivity index (χ0) is 20.1. The minimum atomic E-state index is -2.61. The quantitative estimate of drug-likeness (QED) is 0.584. The second-order valence-electron chi connectivity index (χ2n) is 7.52. The molecule has 0 bridgehead atoms. The number of thioether (sulfide) groups is 1. The predicted molar refractivity (Wildman–Crippen MR) is 109 cm³/mol. The summed E-state index contributed by atoms with van der Waals surface area (Å²) in [6.45, 7) is 4.21. The van der Waals surface area contributed by atoms with Crippen molar-refractivity contribution in [3.8, 4) is 16.9 Å². The van der Waals surface area contributed by atoms with E-state index in [-0.39, 0.29) is 18.6 Å². The number of rotatable bonds is 6. The van der Waals surface area contributed by atoms with Gasteiger partial charge in [0.1, 0.15) is 11.3 Å². The maximum Gasteiger partial charge on any atom is 0.274 e. The highest BCUT2D eigenvalue weighted by Crippen LogP contribution is 2.49. The van der Waals surface area contributed by atoms with Gasteiger partial charge in [0.15, 0.2) is 0 Å². The molecule has 1 unspecified atom stereocenters. The third-order valence-electron chi connectivity index (χ3n) is 4.90. The molecule has 4 rings (SSSR count). The van der Waals surface area contributed by atoms with E-state index < -0.39 is 11.8 Å². The van der Waals surface area contributed by atoms with Crippen molar-refractivity contribution in [2.24, 2.45) is 13.0 Å². The summed E-state index contributed by atoms with van der Waals surface area (Å²) in [6.07, 6.45) is 3.38. The molecule has 148 valence electrons. The van der Waals surface area contributed by atoms with Crippen LogP contribution < -0.4 is 10.3 Å². The van der Waals surface area contributed by atoms with Gasteiger partial charge in [-0.1, -0.05) is 13.8 Å². The number of nitrogens with one attached hydrogen (secondary N) is 1. The molecule has 0 saturated heterocycles. The molecule has 1 aliphatic rings. The first-order valence-corrected chi connectivity index (χ1v) is 10.1. The van der Waals surface area contributed by atoms with Crippen molar-refractivity contribution in [3.05, 3.63) is 47.0 Å². The first-order chi connectivity index (χ1) is 13.3. The van der Waals surface area contributed by atoms with E-state index in [1.165, 1.54) is 4.57 Å². The third-order valence-corrected chi connectivity index (χ3v) is 5.90. The average molecular weight is 404 g/mol. The van der Waals surface area contributed by atoms with Gasteiger partial charge in [0, 0.05) is 52.5 Å². The summed E-state index contributed by atoms with van der Waals surface area (Å²) in [4.78, 5) is 16.4. The lowest BCUT2D eigenvalue weighted by Crippen LogP contribution is -2.16. The monoisotopic (exact) mass is 404 g/mol. The first-order valence-electron chi connectivity index (χ1n) is 9.24. The zero-order valence-corrected chi connectivity index (χ0v) is 16.8. The first kappa shape index (κ1) is 19.1. The van der Waals surface area contributed by atoms with Crippen molar-refractivity contribution < 1.29 is 13.5 Å². The van der Waals surface area contributed by atoms with Gasteiger partial charge in [-0.2, -0.15) is 0 Å². The molecule has 2 heterocycles. The van der Waals surface area contributed by atoms with Crippen molar-refractivity contribution >= 4 is 22.7 Å². The van der Waals surface area contributed by atoms with Gasteiger partial charge in [-0.15, -0.1) is 11.8 Å². The molecule has 1 aromatic carbocycles. The summed E-state index contributed by atoms with van der Waals surface area (Å²) >= 11 is 1.72. The topological polar surface area (TPSA) is 47.0 Å². The highest BCUT2D eigenvalue weighted by Gasteiger charge is 2.57. The second-order valence-corrected chi connectivity index (χ2v) is 9.17. The Morgan fingerprint density at radius 3 is 2.75 bits per heavy atom. The molecule has 28 heavy (non-hydrogen) atoms. The van der Waals surface area contributed by atoms with Crippen LogP contribution in [0.4, 0.5) is 8.78 Å². The fraction of sp³-hybridized carbons (Fsp3) is 0.381. The minimum absolute atomic E-state index is 0.0152. The Labute approximate surface area is 165 Å². The van der Waals surface area contributed by atoms with Gasteiger partial charge in [-0.05, 0) is 24.3 Å². The van der Waals surface area contributed by atoms with Crippen molar-refractivity contribution in [2.75, 3.05) is 6.61 Å². The molecule has 3 aromatic rings. The Morgan fingerprint density at radius 1 is 1.32 bits per heavy atom. The second kappa shape index (κ2) is 6.95. The molecular formula is C21H22F2N2O2S. The predicted octanol–water partition coefficient (Wildman–Crippen LogP) is 5.07. The number of aromatic nitrogens is 2. The molecule has 1 aliphatic carbocycles. The average Bonchev–Trinajstić information content (AvgIpc) is 3.03. The van der Waals surface area contributed by atoms with E-state index in [0.717, 1.165) is 21.4 Å². The van der Waals surface area contributed by atoms with Crippen LogP contribution in [0.3, 0.4) is 0 Å². The SMILES string of the molecule is CC(C)Sc1ccc(OCC2CC2(F)F)c(-c2cn(C)c(=O)c3[nH]ccc23)c1. The summed E-state index contributed by atoms with van der Waals surface area (Å²) in [6, 6.07) is 7.65. The standard InChI is InChI=1S/C21H22F2N2O2S/c1-12(2)28-14-4-5-18(27-11-13-9-21(13,22)23)16(8-14)17-10-25(3)20(26)19-15(17)6-7-24-19/h4-8,10,12-13,24H,9,11H2,1-3H3. The number of pyridine rings is 1. The van der Waals surface area contributed by atoms with Crippen LogP contribution in [-0.2, 0) is 7.05 Å². The van der Waals surface area contributed by atoms with Crippen molar-refractivity contribution in [1.82, 2.24) is 9.55 Å². The van der Waals surface area contributed by atoms with Crippen molar-refractivity contribution in [2.45, 2.75) is 36.3 Å². The van der Waals surface area contributed by atoms with E-state index in [1.54, 1.807) is 31.2 Å². The molecule has 0 radical (unpaired) electrons. The Bertz CT molecular complexity index is 1090. The minimum Gasteiger partial charge on any atom is -0.492 e. The van der Waals surface area contributed by atoms with E-state index in [0.29, 0.717) is 16.5 Å². The van der Waals surface area contributed by atoms with E-state index >= 15 is 0 Å². The third kappa shape index (κ3) is 3.55. The van der Waals surface area contributed by atoms with Gasteiger partial charge < -0.3 is 14.3 Å². The van der Waals surface area contributed by atoms with Gasteiger partial charge in [0.05, 0.1) is 12.5 Å². The van der Waals surface area contributed by atoms with Gasteiger partial charge in [-0.25, -0.2) is 8.78 Å². The van der Waals surface area contributed by atoms with Gasteiger partial charge in [-0.3, -0.25) is 4.79 Å². The van der Waals surface area contributed by atoms with Crippen LogP contribution >= 0.6 is 11.8 Å². The lowest BCUT2D eigenvalue weighted by Gasteiger charge is -2.16. The van der Waals surface area contributed by atoms with Gasteiger partial charge in [0.25, 0.3) is 11.5 Å². The number of hydrogen-bond acceptors (Lipinski definition) is 3. The molecule has 1 atom stereocenters. The molecular weight excluding hydrogens is 382 g/mol. The van der Waals surface area contributed by atoms with Gasteiger partial charge >= 0.3 is 0 Å². The Kier molecular flexibility index (Phi) is 4.73. The number of aryl methyl sites for hydroxylation is 1. The molecule has 4 nitrogen and oxygen atoms in total. The number of alkyl halides is 2. The van der Waals surface area contributed by atoms with Crippen LogP contribution in [0.15, 0.2) is 46.3 Å². The lowest BCUT2D eigenvalue weighted by atomic mass is 10.0. The summed E-state index contributed by atoms with van der Waals surface area (Å²) in [7, 11) is 1.70. The van der Waals surface area contributed by atoms with E-state index in [9.17, 15) is 13.6 Å². The summed E-state index contributed by atoms with van der Waals surface area (Å²) in [5, 5.41) is 1.19. The Hall–Kier alpha value is -2.28. The number of hydrogen-bond donors (Lipinski definition) is 1. The highest BCUT2D eigenvalue weighted by molar-refractivity contribution is 7.99. The smallest absolute Gasteiger partial charge is 0.274 e. The maximum absolute atomic E-state index is 13.3. The van der Waals surface area contributed by atoms with E-state index in [2.05, 4.69) is 18.8 Å². The molecule has 0 aliphatic heterocycles. The fourth-order valence-corrected chi connectivity index (χ4v) is 4.19. The molecule has 1 fully saturated rings.